The van der Waals surface area contributed by atoms with Gasteiger partial charge >= 0.3 is 0 Å². The summed E-state index contributed by atoms with van der Waals surface area (Å²) < 4.78 is 0. The van der Waals surface area contributed by atoms with Gasteiger partial charge in [0.25, 0.3) is 5.91 Å². The minimum atomic E-state index is 0.121. The van der Waals surface area contributed by atoms with Crippen LogP contribution in [0.5, 0.6) is 0 Å². The van der Waals surface area contributed by atoms with Crippen LogP contribution in [0, 0.1) is 6.92 Å². The average molecular weight is 363 g/mol. The van der Waals surface area contributed by atoms with E-state index in [2.05, 4.69) is 47.6 Å². The van der Waals surface area contributed by atoms with E-state index in [1.807, 2.05) is 18.2 Å². The molecular weight excluding hydrogens is 336 g/mol. The molecule has 2 aromatic carbocycles. The van der Waals surface area contributed by atoms with Crippen LogP contribution in [-0.4, -0.2) is 35.5 Å². The first-order valence-electron chi connectivity index (χ1n) is 9.78. The van der Waals surface area contributed by atoms with E-state index < -0.39 is 0 Å². The molecule has 2 heterocycles. The number of hydrogen-bond donors (Lipinski definition) is 3. The maximum Gasteiger partial charge on any atom is 0.275 e. The molecule has 0 saturated carbocycles. The first kappa shape index (κ1) is 17.7. The number of carbonyl (C=O) groups excluding carboxylic acids is 1. The highest BCUT2D eigenvalue weighted by Gasteiger charge is 2.28. The van der Waals surface area contributed by atoms with Gasteiger partial charge in [-0.2, -0.15) is 0 Å². The Kier molecular flexibility index (Phi) is 5.21. The Morgan fingerprint density at radius 2 is 2.04 bits per heavy atom. The standard InChI is InChI=1S/C22H26N4O/c1-16-8-10-17(11-9-16)13-23-21(27)15-26-12-4-5-18(14-26)22-24-19-6-2-3-7-20(19)25-22/h2-3,6-11,18H,4-5,12-15H2,1H3,(H,23,27)(H,24,25)/p+1/t18-/m0/s1. The van der Waals surface area contributed by atoms with E-state index in [1.54, 1.807) is 0 Å². The van der Waals surface area contributed by atoms with E-state index in [4.69, 9.17) is 4.98 Å². The predicted molar refractivity (Wildman–Crippen MR) is 107 cm³/mol. The van der Waals surface area contributed by atoms with Crippen LogP contribution >= 0.6 is 0 Å². The SMILES string of the molecule is Cc1ccc(CNC(=O)C[NH+]2CCC[C@H](c3nc4ccccc4[nH]3)C2)cc1. The smallest absolute Gasteiger partial charge is 0.275 e. The maximum atomic E-state index is 12.4. The topological polar surface area (TPSA) is 62.2 Å². The molecule has 1 aliphatic rings. The van der Waals surface area contributed by atoms with E-state index in [1.165, 1.54) is 10.5 Å². The van der Waals surface area contributed by atoms with Crippen LogP contribution in [0.4, 0.5) is 0 Å². The van der Waals surface area contributed by atoms with Crippen LogP contribution in [-0.2, 0) is 11.3 Å². The highest BCUT2D eigenvalue weighted by molar-refractivity contribution is 5.77. The van der Waals surface area contributed by atoms with E-state index in [0.29, 0.717) is 19.0 Å². The molecule has 1 aromatic heterocycles. The normalized spacial score (nSPS) is 19.9. The molecule has 0 bridgehead atoms. The minimum Gasteiger partial charge on any atom is -0.347 e. The number of hydrogen-bond acceptors (Lipinski definition) is 2. The van der Waals surface area contributed by atoms with Gasteiger partial charge in [0.1, 0.15) is 5.82 Å². The van der Waals surface area contributed by atoms with Gasteiger partial charge in [-0.25, -0.2) is 4.98 Å². The molecule has 5 heteroatoms. The van der Waals surface area contributed by atoms with Crippen molar-refractivity contribution in [2.45, 2.75) is 32.2 Å². The monoisotopic (exact) mass is 363 g/mol. The number of fused-ring (bicyclic) bond motifs is 1. The maximum absolute atomic E-state index is 12.4. The zero-order chi connectivity index (χ0) is 18.6. The number of amides is 1. The molecule has 1 amide bonds. The molecule has 1 saturated heterocycles. The third kappa shape index (κ3) is 4.37. The van der Waals surface area contributed by atoms with Crippen LogP contribution in [0.25, 0.3) is 11.0 Å². The average Bonchev–Trinajstić information content (AvgIpc) is 3.12. The van der Waals surface area contributed by atoms with Crippen molar-refractivity contribution in [3.8, 4) is 0 Å². The molecule has 140 valence electrons. The Balaban J connectivity index is 1.32. The number of rotatable bonds is 5. The lowest BCUT2D eigenvalue weighted by Crippen LogP contribution is -3.14. The molecule has 2 atom stereocenters. The zero-order valence-electron chi connectivity index (χ0n) is 15.8. The van der Waals surface area contributed by atoms with E-state index in [9.17, 15) is 4.79 Å². The molecule has 1 unspecified atom stereocenters. The molecule has 5 nitrogen and oxygen atoms in total. The third-order valence-corrected chi connectivity index (χ3v) is 5.43. The van der Waals surface area contributed by atoms with Gasteiger partial charge in [0.15, 0.2) is 6.54 Å². The summed E-state index contributed by atoms with van der Waals surface area (Å²) in [6.45, 7) is 5.20. The van der Waals surface area contributed by atoms with Crippen molar-refractivity contribution < 1.29 is 9.69 Å². The molecule has 4 rings (SSSR count). The first-order valence-corrected chi connectivity index (χ1v) is 9.78. The van der Waals surface area contributed by atoms with Crippen LogP contribution in [0.2, 0.25) is 0 Å². The van der Waals surface area contributed by atoms with Crippen molar-refractivity contribution in [1.82, 2.24) is 15.3 Å². The second-order valence-corrected chi connectivity index (χ2v) is 7.62. The lowest BCUT2D eigenvalue weighted by molar-refractivity contribution is -0.898. The summed E-state index contributed by atoms with van der Waals surface area (Å²) in [4.78, 5) is 22.0. The second kappa shape index (κ2) is 7.92. The van der Waals surface area contributed by atoms with Crippen molar-refractivity contribution >= 4 is 16.9 Å². The Labute approximate surface area is 159 Å². The number of nitrogens with one attached hydrogen (secondary N) is 3. The fourth-order valence-corrected chi connectivity index (χ4v) is 3.91. The van der Waals surface area contributed by atoms with Gasteiger partial charge in [-0.1, -0.05) is 42.0 Å². The lowest BCUT2D eigenvalue weighted by atomic mass is 9.97. The summed E-state index contributed by atoms with van der Waals surface area (Å²) in [5.41, 5.74) is 4.49. The van der Waals surface area contributed by atoms with Crippen LogP contribution < -0.4 is 10.2 Å². The summed E-state index contributed by atoms with van der Waals surface area (Å²) in [6, 6.07) is 16.5. The first-order chi connectivity index (χ1) is 13.2. The largest absolute Gasteiger partial charge is 0.347 e. The Morgan fingerprint density at radius 3 is 2.85 bits per heavy atom. The number of benzene rings is 2. The number of quaternary nitrogens is 1. The van der Waals surface area contributed by atoms with E-state index in [-0.39, 0.29) is 5.91 Å². The summed E-state index contributed by atoms with van der Waals surface area (Å²) in [5, 5.41) is 3.06. The van der Waals surface area contributed by atoms with Crippen molar-refractivity contribution in [1.29, 1.82) is 0 Å². The number of H-pyrrole nitrogens is 1. The molecule has 0 radical (unpaired) electrons. The molecule has 27 heavy (non-hydrogen) atoms. The number of imidazole rings is 1. The number of likely N-dealkylation sites (tertiary alicyclic amines) is 1. The van der Waals surface area contributed by atoms with Gasteiger partial charge in [0, 0.05) is 6.54 Å². The fraction of sp³-hybridized carbons (Fsp3) is 0.364. The molecule has 1 aliphatic heterocycles. The molecule has 0 aliphatic carbocycles. The summed E-state index contributed by atoms with van der Waals surface area (Å²) >= 11 is 0. The summed E-state index contributed by atoms with van der Waals surface area (Å²) in [7, 11) is 0. The lowest BCUT2D eigenvalue weighted by Gasteiger charge is -2.28. The highest BCUT2D eigenvalue weighted by Crippen LogP contribution is 2.21. The van der Waals surface area contributed by atoms with Crippen molar-refractivity contribution in [2.24, 2.45) is 0 Å². The van der Waals surface area contributed by atoms with Gasteiger partial charge in [0.2, 0.25) is 0 Å². The minimum absolute atomic E-state index is 0.121. The van der Waals surface area contributed by atoms with Gasteiger partial charge in [-0.15, -0.1) is 0 Å². The number of aromatic nitrogens is 2. The number of para-hydroxylation sites is 2. The van der Waals surface area contributed by atoms with E-state index >= 15 is 0 Å². The quantitative estimate of drug-likeness (QED) is 0.649. The van der Waals surface area contributed by atoms with E-state index in [0.717, 1.165) is 48.4 Å². The molecular formula is C22H27N4O+. The Hall–Kier alpha value is -2.66. The molecule has 3 aromatic rings. The van der Waals surface area contributed by atoms with Crippen molar-refractivity contribution in [3.63, 3.8) is 0 Å². The molecule has 3 N–H and O–H groups in total. The molecule has 1 fully saturated rings. The van der Waals surface area contributed by atoms with Crippen LogP contribution in [0.15, 0.2) is 48.5 Å². The van der Waals surface area contributed by atoms with Crippen LogP contribution in [0.3, 0.4) is 0 Å². The predicted octanol–water partition coefficient (Wildman–Crippen LogP) is 1.95. The summed E-state index contributed by atoms with van der Waals surface area (Å²) in [6.07, 6.45) is 2.26. The Morgan fingerprint density at radius 1 is 1.22 bits per heavy atom. The zero-order valence-corrected chi connectivity index (χ0v) is 15.8. The fourth-order valence-electron chi connectivity index (χ4n) is 3.91. The third-order valence-electron chi connectivity index (χ3n) is 5.43. The van der Waals surface area contributed by atoms with Gasteiger partial charge < -0.3 is 15.2 Å². The van der Waals surface area contributed by atoms with Crippen molar-refractivity contribution in [2.75, 3.05) is 19.6 Å². The number of piperidine rings is 1. The van der Waals surface area contributed by atoms with Gasteiger partial charge in [-0.3, -0.25) is 4.79 Å². The van der Waals surface area contributed by atoms with Crippen LogP contribution in [0.1, 0.15) is 35.7 Å². The number of aromatic amines is 1. The number of aryl methyl sites for hydroxylation is 1. The second-order valence-electron chi connectivity index (χ2n) is 7.62. The number of carbonyl (C=O) groups is 1. The number of nitrogens with zero attached hydrogens (tertiary/aromatic N) is 1. The molecule has 0 spiro atoms. The Bertz CT molecular complexity index is 882. The highest BCUT2D eigenvalue weighted by atomic mass is 16.2. The van der Waals surface area contributed by atoms with Crippen molar-refractivity contribution in [3.05, 3.63) is 65.5 Å². The van der Waals surface area contributed by atoms with Gasteiger partial charge in [-0.05, 0) is 37.5 Å². The van der Waals surface area contributed by atoms with Gasteiger partial charge in [0.05, 0.1) is 30.0 Å². The summed E-state index contributed by atoms with van der Waals surface area (Å²) in [5.74, 6) is 1.58.